The normalized spacial score (nSPS) is 16.8. The Hall–Kier alpha value is -2.49. The van der Waals surface area contributed by atoms with Gasteiger partial charge in [-0.3, -0.25) is 19.2 Å². The quantitative estimate of drug-likeness (QED) is 0.309. The third-order valence-corrected chi connectivity index (χ3v) is 2.42. The van der Waals surface area contributed by atoms with Gasteiger partial charge in [-0.05, 0) is 6.92 Å². The van der Waals surface area contributed by atoms with Crippen molar-refractivity contribution in [3.8, 4) is 0 Å². The van der Waals surface area contributed by atoms with Crippen molar-refractivity contribution in [3.63, 3.8) is 0 Å². The summed E-state index contributed by atoms with van der Waals surface area (Å²) >= 11 is 0. The molecule has 0 rings (SSSR count). The molecule has 0 aromatic rings. The van der Waals surface area contributed by atoms with Gasteiger partial charge in [-0.1, -0.05) is 0 Å². The van der Waals surface area contributed by atoms with Gasteiger partial charge in [0.15, 0.2) is 30.7 Å². The van der Waals surface area contributed by atoms with Crippen LogP contribution in [0, 0.1) is 0 Å². The summed E-state index contributed by atoms with van der Waals surface area (Å²) in [6.07, 6.45) is -8.36. The van der Waals surface area contributed by atoms with E-state index in [1.165, 1.54) is 6.92 Å². The highest BCUT2D eigenvalue weighted by atomic mass is 16.6. The Morgan fingerprint density at radius 2 is 1.50 bits per heavy atom. The molecule has 0 aromatic carbocycles. The van der Waals surface area contributed by atoms with Crippen LogP contribution in [0.25, 0.3) is 0 Å². The monoisotopic (exact) mass is 351 g/mol. The number of aldehydes is 1. The van der Waals surface area contributed by atoms with E-state index in [1.807, 2.05) is 0 Å². The Morgan fingerprint density at radius 3 is 1.96 bits per heavy atom. The fourth-order valence-electron chi connectivity index (χ4n) is 1.62. The van der Waals surface area contributed by atoms with Crippen LogP contribution in [0.5, 0.6) is 0 Å². The molecule has 136 valence electrons. The maximum Gasteiger partial charge on any atom is 0.339 e. The molecule has 10 heteroatoms. The van der Waals surface area contributed by atoms with E-state index in [9.17, 15) is 29.1 Å². The third kappa shape index (κ3) is 7.18. The second-order valence-corrected chi connectivity index (χ2v) is 4.20. The first-order valence-electron chi connectivity index (χ1n) is 8.63. The molecule has 4 atom stereocenters. The fourth-order valence-corrected chi connectivity index (χ4v) is 1.62. The van der Waals surface area contributed by atoms with Crippen LogP contribution in [0.3, 0.4) is 0 Å². The molecule has 0 saturated carbocycles. The molecule has 0 amide bonds. The van der Waals surface area contributed by atoms with Crippen LogP contribution in [0.1, 0.15) is 31.7 Å². The number of carbonyl (C=O) groups is 5. The first kappa shape index (κ1) is 16.4. The molecule has 0 spiro atoms. The molecular formula is C14H20O10. The lowest BCUT2D eigenvalue weighted by molar-refractivity contribution is -0.197. The van der Waals surface area contributed by atoms with Crippen LogP contribution in [-0.4, -0.2) is 66.3 Å². The summed E-state index contributed by atoms with van der Waals surface area (Å²) in [5.41, 5.74) is 0. The van der Waals surface area contributed by atoms with Crippen molar-refractivity contribution in [1.82, 2.24) is 0 Å². The number of rotatable bonds is 9. The zero-order valence-electron chi connectivity index (χ0n) is 15.8. The number of ether oxygens (including phenoxy) is 4. The molecule has 0 aliphatic heterocycles. The number of esters is 4. The predicted molar refractivity (Wildman–Crippen MR) is 75.4 cm³/mol. The molecule has 1 N–H and O–H groups in total. The van der Waals surface area contributed by atoms with E-state index in [0.717, 1.165) is 0 Å². The van der Waals surface area contributed by atoms with Crippen molar-refractivity contribution in [3.05, 3.63) is 0 Å². The van der Waals surface area contributed by atoms with E-state index in [4.69, 9.17) is 13.6 Å². The molecular weight excluding hydrogens is 328 g/mol. The molecule has 10 nitrogen and oxygen atoms in total. The minimum absolute atomic E-state index is 0.0329. The first-order chi connectivity index (χ1) is 12.7. The van der Waals surface area contributed by atoms with E-state index in [0.29, 0.717) is 0 Å². The fraction of sp³-hybridized carbons (Fsp3) is 0.643. The third-order valence-electron chi connectivity index (χ3n) is 2.42. The van der Waals surface area contributed by atoms with Crippen molar-refractivity contribution in [2.24, 2.45) is 0 Å². The smallest absolute Gasteiger partial charge is 0.339 e. The number of hydrogen-bond acceptors (Lipinski definition) is 10. The number of carbonyl (C=O) groups excluding carboxylic acids is 5. The molecule has 0 bridgehead atoms. The van der Waals surface area contributed by atoms with E-state index >= 15 is 0 Å². The molecule has 0 unspecified atom stereocenters. The van der Waals surface area contributed by atoms with Crippen molar-refractivity contribution in [2.75, 3.05) is 6.61 Å². The summed E-state index contributed by atoms with van der Waals surface area (Å²) in [6.45, 7) is -1.54. The van der Waals surface area contributed by atoms with Crippen LogP contribution in [0.4, 0.5) is 0 Å². The molecule has 0 heterocycles. The molecule has 0 aliphatic rings. The van der Waals surface area contributed by atoms with Crippen LogP contribution < -0.4 is 0 Å². The highest BCUT2D eigenvalue weighted by Crippen LogP contribution is 2.17. The van der Waals surface area contributed by atoms with E-state index in [-0.39, 0.29) is 12.9 Å². The van der Waals surface area contributed by atoms with Crippen molar-refractivity contribution < 1.29 is 52.1 Å². The Balaban J connectivity index is 5.92. The maximum atomic E-state index is 11.8. The van der Waals surface area contributed by atoms with Gasteiger partial charge in [0.2, 0.25) is 0 Å². The minimum atomic E-state index is -2.26. The van der Waals surface area contributed by atoms with Gasteiger partial charge < -0.3 is 24.1 Å². The number of aliphatic hydroxyl groups is 1. The largest absolute Gasteiger partial charge is 0.464 e. The zero-order chi connectivity index (χ0) is 21.0. The average molecular weight is 351 g/mol. The molecule has 0 saturated heterocycles. The highest BCUT2D eigenvalue weighted by molar-refractivity contribution is 5.77. The SMILES string of the molecule is [2H]CC(=O)O[C@@H]([C@H](OC(=O)C[2H])[C@H](O)C(=O)OCC)[C@H](C=O)OC(=O)C[2H]. The van der Waals surface area contributed by atoms with Gasteiger partial charge in [-0.15, -0.1) is 0 Å². The highest BCUT2D eigenvalue weighted by Gasteiger charge is 2.44. The Bertz CT molecular complexity index is 541. The van der Waals surface area contributed by atoms with Crippen LogP contribution in [0.2, 0.25) is 0 Å². The van der Waals surface area contributed by atoms with Crippen molar-refractivity contribution in [1.29, 1.82) is 0 Å². The van der Waals surface area contributed by atoms with E-state index in [2.05, 4.69) is 9.47 Å². The Labute approximate surface area is 142 Å². The molecule has 0 aromatic heterocycles. The second kappa shape index (κ2) is 10.3. The van der Waals surface area contributed by atoms with Gasteiger partial charge in [0, 0.05) is 24.8 Å². The number of aliphatic hydroxyl groups excluding tert-OH is 1. The van der Waals surface area contributed by atoms with E-state index < -0.39 is 69.0 Å². The van der Waals surface area contributed by atoms with Gasteiger partial charge >= 0.3 is 23.9 Å². The van der Waals surface area contributed by atoms with E-state index in [1.54, 1.807) is 0 Å². The molecule has 0 aliphatic carbocycles. The lowest BCUT2D eigenvalue weighted by atomic mass is 10.0. The second-order valence-electron chi connectivity index (χ2n) is 4.20. The summed E-state index contributed by atoms with van der Waals surface area (Å²) in [7, 11) is 0. The summed E-state index contributed by atoms with van der Waals surface area (Å²) in [5, 5.41) is 10.1. The molecule has 0 radical (unpaired) electrons. The Morgan fingerprint density at radius 1 is 1.00 bits per heavy atom. The summed E-state index contributed by atoms with van der Waals surface area (Å²) < 4.78 is 39.5. The van der Waals surface area contributed by atoms with Gasteiger partial charge in [0.1, 0.15) is 0 Å². The lowest BCUT2D eigenvalue weighted by Gasteiger charge is -2.31. The average Bonchev–Trinajstić information content (AvgIpc) is 2.67. The summed E-state index contributed by atoms with van der Waals surface area (Å²) in [4.78, 5) is 57.4. The minimum Gasteiger partial charge on any atom is -0.464 e. The van der Waals surface area contributed by atoms with Gasteiger partial charge in [-0.2, -0.15) is 0 Å². The van der Waals surface area contributed by atoms with Crippen molar-refractivity contribution >= 4 is 30.2 Å². The Kier molecular flexibility index (Phi) is 7.04. The van der Waals surface area contributed by atoms with Crippen molar-refractivity contribution in [2.45, 2.75) is 52.0 Å². The topological polar surface area (TPSA) is 143 Å². The lowest BCUT2D eigenvalue weighted by Crippen LogP contribution is -2.53. The van der Waals surface area contributed by atoms with Crippen LogP contribution >= 0.6 is 0 Å². The van der Waals surface area contributed by atoms with Gasteiger partial charge in [0.05, 0.1) is 6.61 Å². The summed E-state index contributed by atoms with van der Waals surface area (Å²) in [5.74, 6) is -5.03. The predicted octanol–water partition coefficient (Wildman–Crippen LogP) is -1.10. The van der Waals surface area contributed by atoms with Gasteiger partial charge in [-0.25, -0.2) is 4.79 Å². The number of hydrogen-bond donors (Lipinski definition) is 1. The van der Waals surface area contributed by atoms with Gasteiger partial charge in [0.25, 0.3) is 0 Å². The maximum absolute atomic E-state index is 11.8. The van der Waals surface area contributed by atoms with Crippen LogP contribution in [-0.2, 0) is 42.9 Å². The first-order valence-corrected chi connectivity index (χ1v) is 6.51. The molecule has 0 fully saturated rings. The summed E-state index contributed by atoms with van der Waals surface area (Å²) in [6, 6.07) is 0. The zero-order valence-corrected chi connectivity index (χ0v) is 12.8. The van der Waals surface area contributed by atoms with Crippen LogP contribution in [0.15, 0.2) is 0 Å². The standard InChI is InChI=1S/C14H20O10/c1-5-21-14(20)11(19)13(24-9(4)18)12(23-8(3)17)10(6-15)22-7(2)16/h6,10-13,19H,5H2,1-4H3/t10-,11-,12+,13+/m0/s1/i2D,3D,4D. The molecule has 24 heavy (non-hydrogen) atoms.